The number of carbonyl (C=O) groups excluding carboxylic acids is 1. The lowest BCUT2D eigenvalue weighted by Gasteiger charge is -2.32. The molecule has 0 radical (unpaired) electrons. The van der Waals surface area contributed by atoms with Crippen LogP contribution in [-0.2, 0) is 10.5 Å². The second kappa shape index (κ2) is 8.77. The summed E-state index contributed by atoms with van der Waals surface area (Å²) < 4.78 is 0. The number of hydrogen-bond acceptors (Lipinski definition) is 4. The highest BCUT2D eigenvalue weighted by Crippen LogP contribution is 2.25. The highest BCUT2D eigenvalue weighted by molar-refractivity contribution is 7.99. The molecule has 1 aromatic rings. The minimum absolute atomic E-state index is 0.239. The van der Waals surface area contributed by atoms with Gasteiger partial charge in [0, 0.05) is 61.1 Å². The summed E-state index contributed by atoms with van der Waals surface area (Å²) in [5.74, 6) is 1.48. The van der Waals surface area contributed by atoms with E-state index in [0.717, 1.165) is 57.0 Å². The number of nitrogens with zero attached hydrogens (tertiary/aromatic N) is 2. The molecule has 1 unspecified atom stereocenters. The predicted octanol–water partition coefficient (Wildman–Crippen LogP) is 2.73. The summed E-state index contributed by atoms with van der Waals surface area (Å²) in [7, 11) is 0. The van der Waals surface area contributed by atoms with Gasteiger partial charge in [0.25, 0.3) is 0 Å². The summed E-state index contributed by atoms with van der Waals surface area (Å²) in [5.41, 5.74) is 1.03. The van der Waals surface area contributed by atoms with Crippen molar-refractivity contribution in [3.8, 4) is 0 Å². The van der Waals surface area contributed by atoms with Gasteiger partial charge in [0.2, 0.25) is 5.91 Å². The minimum atomic E-state index is 0.239. The van der Waals surface area contributed by atoms with Crippen molar-refractivity contribution in [3.05, 3.63) is 33.8 Å². The Kier molecular flexibility index (Phi) is 6.70. The topological polar surface area (TPSA) is 35.6 Å². The average Bonchev–Trinajstić information content (AvgIpc) is 3.08. The molecule has 132 valence electrons. The molecule has 1 N–H and O–H groups in total. The maximum absolute atomic E-state index is 12.4. The van der Waals surface area contributed by atoms with Gasteiger partial charge in [-0.1, -0.05) is 29.3 Å². The van der Waals surface area contributed by atoms with Crippen molar-refractivity contribution in [3.63, 3.8) is 0 Å². The van der Waals surface area contributed by atoms with Crippen molar-refractivity contribution >= 4 is 40.9 Å². The van der Waals surface area contributed by atoms with Crippen molar-refractivity contribution in [1.29, 1.82) is 0 Å². The van der Waals surface area contributed by atoms with E-state index >= 15 is 0 Å². The van der Waals surface area contributed by atoms with Gasteiger partial charge in [-0.2, -0.15) is 0 Å². The standard InChI is InChI=1S/C17H23Cl2N3OS/c18-14-2-1-13(16(19)9-14)11-24-12-17(23)22-6-3-15(10-22)21-7-4-20-5-8-21/h1-2,9,15,20H,3-8,10-12H2. The average molecular weight is 388 g/mol. The van der Waals surface area contributed by atoms with Gasteiger partial charge in [-0.3, -0.25) is 9.69 Å². The molecule has 24 heavy (non-hydrogen) atoms. The SMILES string of the molecule is O=C(CSCc1ccc(Cl)cc1Cl)N1CCC(N2CCNCC2)C1. The lowest BCUT2D eigenvalue weighted by Crippen LogP contribution is -2.49. The lowest BCUT2D eigenvalue weighted by atomic mass is 10.2. The van der Waals surface area contributed by atoms with Gasteiger partial charge in [0.1, 0.15) is 0 Å². The molecule has 2 heterocycles. The Balaban J connectivity index is 1.42. The van der Waals surface area contributed by atoms with Crippen LogP contribution >= 0.6 is 35.0 Å². The van der Waals surface area contributed by atoms with E-state index in [9.17, 15) is 4.79 Å². The normalized spacial score (nSPS) is 22.1. The van der Waals surface area contributed by atoms with Gasteiger partial charge in [0.15, 0.2) is 0 Å². The van der Waals surface area contributed by atoms with Crippen LogP contribution in [0.1, 0.15) is 12.0 Å². The number of hydrogen-bond donors (Lipinski definition) is 1. The number of carbonyl (C=O) groups is 1. The monoisotopic (exact) mass is 387 g/mol. The molecular formula is C17H23Cl2N3OS. The molecule has 2 aliphatic heterocycles. The highest BCUT2D eigenvalue weighted by Gasteiger charge is 2.30. The molecule has 0 saturated carbocycles. The molecule has 4 nitrogen and oxygen atoms in total. The van der Waals surface area contributed by atoms with Crippen LogP contribution in [0.25, 0.3) is 0 Å². The molecule has 2 aliphatic rings. The summed E-state index contributed by atoms with van der Waals surface area (Å²) in [6, 6.07) is 6.05. The lowest BCUT2D eigenvalue weighted by molar-refractivity contribution is -0.127. The third-order valence-corrected chi connectivity index (χ3v) is 6.24. The zero-order chi connectivity index (χ0) is 16.9. The van der Waals surface area contributed by atoms with E-state index < -0.39 is 0 Å². The van der Waals surface area contributed by atoms with E-state index in [0.29, 0.717) is 21.8 Å². The predicted molar refractivity (Wildman–Crippen MR) is 102 cm³/mol. The maximum atomic E-state index is 12.4. The number of halogens is 2. The number of rotatable bonds is 5. The Morgan fingerprint density at radius 2 is 2.04 bits per heavy atom. The third kappa shape index (κ3) is 4.79. The first-order chi connectivity index (χ1) is 11.6. The van der Waals surface area contributed by atoms with Gasteiger partial charge in [-0.15, -0.1) is 11.8 Å². The van der Waals surface area contributed by atoms with Gasteiger partial charge in [0.05, 0.1) is 5.75 Å². The zero-order valence-electron chi connectivity index (χ0n) is 13.6. The van der Waals surface area contributed by atoms with Crippen molar-refractivity contribution < 1.29 is 4.79 Å². The van der Waals surface area contributed by atoms with Crippen LogP contribution in [0.3, 0.4) is 0 Å². The van der Waals surface area contributed by atoms with Crippen molar-refractivity contribution in [2.75, 3.05) is 45.0 Å². The fourth-order valence-corrected chi connectivity index (χ4v) is 4.78. The molecule has 3 rings (SSSR count). The van der Waals surface area contributed by atoms with Crippen molar-refractivity contribution in [1.82, 2.24) is 15.1 Å². The van der Waals surface area contributed by atoms with E-state index in [-0.39, 0.29) is 5.91 Å². The van der Waals surface area contributed by atoms with Crippen LogP contribution in [-0.4, -0.2) is 66.8 Å². The summed E-state index contributed by atoms with van der Waals surface area (Å²) in [6.07, 6.45) is 1.10. The molecule has 0 aliphatic carbocycles. The van der Waals surface area contributed by atoms with Gasteiger partial charge >= 0.3 is 0 Å². The van der Waals surface area contributed by atoms with Gasteiger partial charge in [-0.25, -0.2) is 0 Å². The molecule has 1 atom stereocenters. The van der Waals surface area contributed by atoms with Crippen LogP contribution in [0, 0.1) is 0 Å². The number of likely N-dealkylation sites (tertiary alicyclic amines) is 1. The van der Waals surface area contributed by atoms with Crippen LogP contribution in [0.15, 0.2) is 18.2 Å². The first-order valence-corrected chi connectivity index (χ1v) is 10.3. The molecule has 1 aromatic carbocycles. The minimum Gasteiger partial charge on any atom is -0.340 e. The van der Waals surface area contributed by atoms with Crippen LogP contribution < -0.4 is 5.32 Å². The van der Waals surface area contributed by atoms with Crippen molar-refractivity contribution in [2.24, 2.45) is 0 Å². The number of thioether (sulfide) groups is 1. The Hall–Kier alpha value is -0.460. The Bertz CT molecular complexity index is 581. The number of benzene rings is 1. The van der Waals surface area contributed by atoms with E-state index in [2.05, 4.69) is 10.2 Å². The largest absolute Gasteiger partial charge is 0.340 e. The van der Waals surface area contributed by atoms with E-state index in [1.807, 2.05) is 17.0 Å². The van der Waals surface area contributed by atoms with Crippen LogP contribution in [0.2, 0.25) is 10.0 Å². The first-order valence-electron chi connectivity index (χ1n) is 8.37. The Morgan fingerprint density at radius 1 is 1.25 bits per heavy atom. The third-order valence-electron chi connectivity index (χ3n) is 4.68. The molecule has 7 heteroatoms. The smallest absolute Gasteiger partial charge is 0.232 e. The highest BCUT2D eigenvalue weighted by atomic mass is 35.5. The number of piperazine rings is 1. The molecule has 2 saturated heterocycles. The summed E-state index contributed by atoms with van der Waals surface area (Å²) in [6.45, 7) is 6.06. The van der Waals surface area contributed by atoms with Gasteiger partial charge in [-0.05, 0) is 24.1 Å². The second-order valence-electron chi connectivity index (χ2n) is 6.30. The van der Waals surface area contributed by atoms with E-state index in [1.54, 1.807) is 17.8 Å². The first kappa shape index (κ1) is 18.3. The van der Waals surface area contributed by atoms with E-state index in [4.69, 9.17) is 23.2 Å². The second-order valence-corrected chi connectivity index (χ2v) is 8.13. The van der Waals surface area contributed by atoms with Crippen LogP contribution in [0.4, 0.5) is 0 Å². The molecule has 0 aromatic heterocycles. The number of amides is 1. The fraction of sp³-hybridized carbons (Fsp3) is 0.588. The maximum Gasteiger partial charge on any atom is 0.232 e. The molecule has 1 amide bonds. The Labute approximate surface area is 157 Å². The number of nitrogens with one attached hydrogen (secondary N) is 1. The molecule has 0 bridgehead atoms. The summed E-state index contributed by atoms with van der Waals surface area (Å²) >= 11 is 13.7. The van der Waals surface area contributed by atoms with Crippen LogP contribution in [0.5, 0.6) is 0 Å². The summed E-state index contributed by atoms with van der Waals surface area (Å²) in [5, 5.41) is 4.69. The molecule has 2 fully saturated rings. The summed E-state index contributed by atoms with van der Waals surface area (Å²) in [4.78, 5) is 17.0. The fourth-order valence-electron chi connectivity index (χ4n) is 3.29. The van der Waals surface area contributed by atoms with E-state index in [1.165, 1.54) is 0 Å². The quantitative estimate of drug-likeness (QED) is 0.842. The van der Waals surface area contributed by atoms with Gasteiger partial charge < -0.3 is 10.2 Å². The Morgan fingerprint density at radius 3 is 2.79 bits per heavy atom. The molecular weight excluding hydrogens is 365 g/mol. The zero-order valence-corrected chi connectivity index (χ0v) is 16.0. The van der Waals surface area contributed by atoms with Crippen molar-refractivity contribution in [2.45, 2.75) is 18.2 Å². The molecule has 0 spiro atoms.